The maximum absolute atomic E-state index is 11.9. The lowest BCUT2D eigenvalue weighted by Gasteiger charge is -2.30. The fourth-order valence-corrected chi connectivity index (χ4v) is 5.25. The van der Waals surface area contributed by atoms with E-state index < -0.39 is 24.1 Å². The molecule has 1 amide bonds. The zero-order chi connectivity index (χ0) is 25.5. The normalized spacial score (nSPS) is 26.1. The Morgan fingerprint density at radius 1 is 0.914 bits per heavy atom. The molecule has 2 heterocycles. The van der Waals surface area contributed by atoms with Crippen molar-refractivity contribution >= 4 is 5.91 Å². The SMILES string of the molecule is CCCCCCCCCCCCCCCCNC(CC(=O)NO)[C@H]1O[C@@H]2OC(C)(C)O[C@@H]2[C@H]1OC. The van der Waals surface area contributed by atoms with Crippen molar-refractivity contribution in [1.82, 2.24) is 10.8 Å². The van der Waals surface area contributed by atoms with E-state index in [-0.39, 0.29) is 24.7 Å². The van der Waals surface area contributed by atoms with E-state index in [1.54, 1.807) is 12.6 Å². The minimum absolute atomic E-state index is 0.0858. The van der Waals surface area contributed by atoms with Gasteiger partial charge in [-0.15, -0.1) is 0 Å². The molecule has 3 N–H and O–H groups in total. The van der Waals surface area contributed by atoms with Gasteiger partial charge in [-0.3, -0.25) is 10.0 Å². The third kappa shape index (κ3) is 11.0. The molecule has 35 heavy (non-hydrogen) atoms. The molecule has 0 spiro atoms. The van der Waals surface area contributed by atoms with E-state index in [1.807, 2.05) is 13.8 Å². The van der Waals surface area contributed by atoms with Gasteiger partial charge < -0.3 is 24.3 Å². The summed E-state index contributed by atoms with van der Waals surface area (Å²) in [5.74, 6) is -1.18. The van der Waals surface area contributed by atoms with Crippen LogP contribution in [0.1, 0.15) is 117 Å². The largest absolute Gasteiger partial charge is 0.376 e. The van der Waals surface area contributed by atoms with Crippen LogP contribution >= 0.6 is 0 Å². The van der Waals surface area contributed by atoms with Gasteiger partial charge in [0.25, 0.3) is 0 Å². The van der Waals surface area contributed by atoms with Crippen LogP contribution in [0.25, 0.3) is 0 Å². The molecule has 1 unspecified atom stereocenters. The Kier molecular flexibility index (Phi) is 14.7. The third-order valence-electron chi connectivity index (χ3n) is 7.16. The highest BCUT2D eigenvalue weighted by Gasteiger charge is 2.56. The van der Waals surface area contributed by atoms with Crippen molar-refractivity contribution in [1.29, 1.82) is 0 Å². The number of hydrogen-bond acceptors (Lipinski definition) is 7. The fraction of sp³-hybridized carbons (Fsp3) is 0.963. The first-order valence-corrected chi connectivity index (χ1v) is 14.1. The molecule has 206 valence electrons. The Bertz CT molecular complexity index is 576. The lowest BCUT2D eigenvalue weighted by Crippen LogP contribution is -2.50. The maximum atomic E-state index is 11.9. The molecule has 0 aromatic carbocycles. The lowest BCUT2D eigenvalue weighted by molar-refractivity contribution is -0.220. The minimum atomic E-state index is -0.725. The van der Waals surface area contributed by atoms with Crippen molar-refractivity contribution in [2.45, 2.75) is 154 Å². The lowest BCUT2D eigenvalue weighted by atomic mass is 9.99. The highest BCUT2D eigenvalue weighted by molar-refractivity contribution is 5.75. The summed E-state index contributed by atoms with van der Waals surface area (Å²) in [7, 11) is 1.62. The molecule has 2 rings (SSSR count). The maximum Gasteiger partial charge on any atom is 0.245 e. The van der Waals surface area contributed by atoms with Gasteiger partial charge in [-0.25, -0.2) is 5.48 Å². The van der Waals surface area contributed by atoms with Gasteiger partial charge in [-0.05, 0) is 26.8 Å². The number of amides is 1. The van der Waals surface area contributed by atoms with Gasteiger partial charge >= 0.3 is 0 Å². The van der Waals surface area contributed by atoms with E-state index in [4.69, 9.17) is 24.2 Å². The van der Waals surface area contributed by atoms with E-state index in [0.717, 1.165) is 19.4 Å². The second-order valence-corrected chi connectivity index (χ2v) is 10.7. The van der Waals surface area contributed by atoms with Gasteiger partial charge in [-0.2, -0.15) is 0 Å². The average molecular weight is 501 g/mol. The van der Waals surface area contributed by atoms with Gasteiger partial charge in [0.15, 0.2) is 12.1 Å². The van der Waals surface area contributed by atoms with Crippen molar-refractivity contribution in [2.75, 3.05) is 13.7 Å². The van der Waals surface area contributed by atoms with Gasteiger partial charge in [-0.1, -0.05) is 90.4 Å². The second kappa shape index (κ2) is 16.9. The van der Waals surface area contributed by atoms with Gasteiger partial charge in [0.2, 0.25) is 5.91 Å². The standard InChI is InChI=1S/C27H52N2O6/c1-5-6-7-8-9-10-11-12-13-14-15-16-17-18-19-28-21(20-22(30)29-31)23-24(32-4)25-26(33-23)35-27(2,3)34-25/h21,23-26,28,31H,5-20H2,1-4H3,(H,29,30)/t21?,23-,24+,25-,26-/m1/s1. The smallest absolute Gasteiger partial charge is 0.245 e. The highest BCUT2D eigenvalue weighted by atomic mass is 16.8. The first kappa shape index (κ1) is 30.5. The van der Waals surface area contributed by atoms with E-state index in [2.05, 4.69) is 12.2 Å². The predicted octanol–water partition coefficient (Wildman–Crippen LogP) is 5.21. The number of rotatable bonds is 20. The highest BCUT2D eigenvalue weighted by Crippen LogP contribution is 2.39. The van der Waals surface area contributed by atoms with Crippen LogP contribution in [0.4, 0.5) is 0 Å². The summed E-state index contributed by atoms with van der Waals surface area (Å²) in [6.07, 6.45) is 17.0. The first-order valence-electron chi connectivity index (χ1n) is 14.1. The van der Waals surface area contributed by atoms with E-state index in [9.17, 15) is 4.79 Å². The summed E-state index contributed by atoms with van der Waals surface area (Å²) in [5, 5.41) is 12.5. The summed E-state index contributed by atoms with van der Waals surface area (Å²) in [6, 6.07) is -0.310. The van der Waals surface area contributed by atoms with E-state index in [1.165, 1.54) is 77.0 Å². The molecule has 8 nitrogen and oxygen atoms in total. The molecule has 0 bridgehead atoms. The molecule has 8 heteroatoms. The zero-order valence-corrected chi connectivity index (χ0v) is 22.7. The number of ether oxygens (including phenoxy) is 4. The first-order chi connectivity index (χ1) is 16.9. The fourth-order valence-electron chi connectivity index (χ4n) is 5.25. The summed E-state index contributed by atoms with van der Waals surface area (Å²) in [6.45, 7) is 6.74. The molecule has 0 aliphatic carbocycles. The number of carbonyl (C=O) groups is 1. The zero-order valence-electron chi connectivity index (χ0n) is 22.7. The van der Waals surface area contributed by atoms with Crippen LogP contribution in [0.5, 0.6) is 0 Å². The topological polar surface area (TPSA) is 98.3 Å². The molecule has 2 fully saturated rings. The van der Waals surface area contributed by atoms with E-state index in [0.29, 0.717) is 0 Å². The molecule has 2 aliphatic heterocycles. The van der Waals surface area contributed by atoms with Crippen LogP contribution in [-0.4, -0.2) is 61.2 Å². The summed E-state index contributed by atoms with van der Waals surface area (Å²) in [4.78, 5) is 11.9. The van der Waals surface area contributed by atoms with Crippen LogP contribution in [0, 0.1) is 0 Å². The Labute approximate surface area is 213 Å². The number of nitrogens with one attached hydrogen (secondary N) is 2. The molecule has 0 saturated carbocycles. The van der Waals surface area contributed by atoms with Gasteiger partial charge in [0.05, 0.1) is 0 Å². The van der Waals surface area contributed by atoms with Crippen molar-refractivity contribution < 1.29 is 28.9 Å². The van der Waals surface area contributed by atoms with Crippen molar-refractivity contribution in [3.8, 4) is 0 Å². The van der Waals surface area contributed by atoms with Crippen LogP contribution in [0.15, 0.2) is 0 Å². The Morgan fingerprint density at radius 2 is 1.46 bits per heavy atom. The number of hydroxylamine groups is 1. The molecule has 5 atom stereocenters. The van der Waals surface area contributed by atoms with E-state index >= 15 is 0 Å². The quantitative estimate of drug-likeness (QED) is 0.120. The summed E-state index contributed by atoms with van der Waals surface area (Å²) < 4.78 is 23.6. The number of methoxy groups -OCH3 is 1. The van der Waals surface area contributed by atoms with Crippen LogP contribution in [0.3, 0.4) is 0 Å². The van der Waals surface area contributed by atoms with Crippen LogP contribution in [-0.2, 0) is 23.7 Å². The van der Waals surface area contributed by atoms with Gasteiger partial charge in [0, 0.05) is 19.6 Å². The number of hydrogen-bond donors (Lipinski definition) is 3. The third-order valence-corrected chi connectivity index (χ3v) is 7.16. The number of carbonyl (C=O) groups excluding carboxylic acids is 1. The monoisotopic (exact) mass is 500 g/mol. The molecular weight excluding hydrogens is 448 g/mol. The van der Waals surface area contributed by atoms with Crippen molar-refractivity contribution in [3.05, 3.63) is 0 Å². The van der Waals surface area contributed by atoms with Gasteiger partial charge in [0.1, 0.15) is 18.3 Å². The van der Waals surface area contributed by atoms with Crippen LogP contribution < -0.4 is 10.8 Å². The molecule has 2 aliphatic rings. The summed E-state index contributed by atoms with van der Waals surface area (Å²) in [5.41, 5.74) is 1.73. The molecule has 0 radical (unpaired) electrons. The minimum Gasteiger partial charge on any atom is -0.376 e. The Hall–Kier alpha value is -0.770. The van der Waals surface area contributed by atoms with Crippen molar-refractivity contribution in [2.24, 2.45) is 0 Å². The molecular formula is C27H52N2O6. The molecule has 0 aromatic rings. The molecule has 0 aromatic heterocycles. The number of unbranched alkanes of at least 4 members (excludes halogenated alkanes) is 13. The second-order valence-electron chi connectivity index (χ2n) is 10.7. The average Bonchev–Trinajstić information content (AvgIpc) is 3.31. The summed E-state index contributed by atoms with van der Waals surface area (Å²) >= 11 is 0. The van der Waals surface area contributed by atoms with Crippen molar-refractivity contribution in [3.63, 3.8) is 0 Å². The van der Waals surface area contributed by atoms with Crippen LogP contribution in [0.2, 0.25) is 0 Å². The Morgan fingerprint density at radius 3 is 1.97 bits per heavy atom. The number of fused-ring (bicyclic) bond motifs is 1. The Balaban J connectivity index is 1.59. The predicted molar refractivity (Wildman–Crippen MR) is 136 cm³/mol. The molecule has 2 saturated heterocycles.